The monoisotopic (exact) mass is 485 g/mol. The van der Waals surface area contributed by atoms with Crippen molar-refractivity contribution in [3.63, 3.8) is 0 Å². The molecule has 152 valence electrons. The number of aryl methyl sites for hydroxylation is 2. The van der Waals surface area contributed by atoms with E-state index in [2.05, 4.69) is 75.7 Å². The van der Waals surface area contributed by atoms with Crippen molar-refractivity contribution >= 4 is 43.8 Å². The molecule has 2 aromatic carbocycles. The van der Waals surface area contributed by atoms with Crippen LogP contribution in [-0.4, -0.2) is 22.9 Å². The number of unbranched alkanes of at least 4 members (excludes halogenated alkanes) is 3. The molecule has 28 heavy (non-hydrogen) atoms. The average Bonchev–Trinajstić information content (AvgIpc) is 2.99. The molecule has 0 unspecified atom stereocenters. The molecule has 1 heterocycles. The van der Waals surface area contributed by atoms with Crippen molar-refractivity contribution in [3.05, 3.63) is 42.0 Å². The first-order valence-electron chi connectivity index (χ1n) is 11.6. The number of benzene rings is 2. The number of fused-ring (bicyclic) bond motifs is 3. The van der Waals surface area contributed by atoms with Crippen LogP contribution in [0.15, 0.2) is 36.4 Å². The second-order valence-electron chi connectivity index (χ2n) is 8.90. The van der Waals surface area contributed by atoms with E-state index >= 15 is 0 Å². The molecule has 2 heteroatoms. The van der Waals surface area contributed by atoms with Crippen LogP contribution in [0.2, 0.25) is 13.3 Å². The Bertz CT molecular complexity index is 899. The molecule has 3 rings (SSSR count). The van der Waals surface area contributed by atoms with E-state index in [1.807, 2.05) is 0 Å². The van der Waals surface area contributed by atoms with Crippen LogP contribution >= 0.6 is 0 Å². The van der Waals surface area contributed by atoms with Crippen molar-refractivity contribution in [2.24, 2.45) is 7.05 Å². The van der Waals surface area contributed by atoms with Gasteiger partial charge in [-0.15, -0.1) is 0 Å². The molecule has 0 atom stereocenters. The van der Waals surface area contributed by atoms with Gasteiger partial charge >= 0.3 is 177 Å². The van der Waals surface area contributed by atoms with Gasteiger partial charge in [-0.2, -0.15) is 0 Å². The Morgan fingerprint density at radius 3 is 1.75 bits per heavy atom. The van der Waals surface area contributed by atoms with Crippen LogP contribution in [0.1, 0.15) is 64.9 Å². The first kappa shape index (κ1) is 21.7. The van der Waals surface area contributed by atoms with Gasteiger partial charge in [0.15, 0.2) is 0 Å². The fourth-order valence-corrected chi connectivity index (χ4v) is 20.9. The third-order valence-electron chi connectivity index (χ3n) is 6.80. The van der Waals surface area contributed by atoms with Crippen molar-refractivity contribution in [1.29, 1.82) is 0 Å². The van der Waals surface area contributed by atoms with Crippen molar-refractivity contribution in [2.75, 3.05) is 0 Å². The maximum atomic E-state index is 2.63. The molecule has 0 aliphatic carbocycles. The summed E-state index contributed by atoms with van der Waals surface area (Å²) in [7, 11) is 2.26. The van der Waals surface area contributed by atoms with Gasteiger partial charge in [-0.3, -0.25) is 0 Å². The van der Waals surface area contributed by atoms with E-state index in [0.717, 1.165) is 0 Å². The molecule has 0 amide bonds. The average molecular weight is 484 g/mol. The summed E-state index contributed by atoms with van der Waals surface area (Å²) in [5.41, 5.74) is 4.17. The van der Waals surface area contributed by atoms with Crippen LogP contribution in [0.3, 0.4) is 0 Å². The van der Waals surface area contributed by atoms with Crippen LogP contribution in [0.4, 0.5) is 0 Å². The topological polar surface area (TPSA) is 4.93 Å². The first-order chi connectivity index (χ1) is 13.6. The van der Waals surface area contributed by atoms with E-state index in [9.17, 15) is 0 Å². The fraction of sp³-hybridized carbons (Fsp3) is 0.538. The van der Waals surface area contributed by atoms with Crippen LogP contribution in [0.25, 0.3) is 21.8 Å². The third-order valence-corrected chi connectivity index (χ3v) is 22.4. The van der Waals surface area contributed by atoms with Gasteiger partial charge in [-0.05, 0) is 0 Å². The second kappa shape index (κ2) is 9.69. The van der Waals surface area contributed by atoms with Crippen LogP contribution in [0.5, 0.6) is 0 Å². The zero-order valence-corrected chi connectivity index (χ0v) is 21.6. The molecule has 3 aromatic rings. The second-order valence-corrected chi connectivity index (χ2v) is 22.1. The summed E-state index contributed by atoms with van der Waals surface area (Å²) in [5, 5.41) is 2.84. The predicted octanol–water partition coefficient (Wildman–Crippen LogP) is 7.70. The Morgan fingerprint density at radius 2 is 1.21 bits per heavy atom. The number of rotatable bonds is 10. The van der Waals surface area contributed by atoms with Crippen molar-refractivity contribution in [1.82, 2.24) is 4.57 Å². The van der Waals surface area contributed by atoms with E-state index in [0.29, 0.717) is 0 Å². The summed E-state index contributed by atoms with van der Waals surface area (Å²) in [6.07, 6.45) is 8.30. The van der Waals surface area contributed by atoms with Gasteiger partial charge in [0.25, 0.3) is 0 Å². The standard InChI is InChI=1S/C14H12N.3C4H9.Sn/c1-10-7-8-12-11-5-3-4-6-13(11)15(2)14(12)9-10;3*1-3-4-2;/h3,5-9H,1-2H3;3*1,3-4H2,2H3;. The molecular formula is C26H39NSn. The van der Waals surface area contributed by atoms with Gasteiger partial charge in [-0.1, -0.05) is 0 Å². The maximum absolute atomic E-state index is 2.63. The fourth-order valence-electron chi connectivity index (χ4n) is 5.00. The van der Waals surface area contributed by atoms with Crippen LogP contribution < -0.4 is 3.58 Å². The van der Waals surface area contributed by atoms with E-state index in [4.69, 9.17) is 0 Å². The van der Waals surface area contributed by atoms with Crippen molar-refractivity contribution < 1.29 is 0 Å². The Hall–Kier alpha value is -0.961. The molecule has 1 nitrogen and oxygen atoms in total. The summed E-state index contributed by atoms with van der Waals surface area (Å²) in [4.78, 5) is 0. The van der Waals surface area contributed by atoms with Crippen LogP contribution in [0, 0.1) is 6.92 Å². The van der Waals surface area contributed by atoms with E-state index < -0.39 is 18.4 Å². The molecule has 0 aliphatic rings. The summed E-state index contributed by atoms with van der Waals surface area (Å²) in [6.45, 7) is 9.30. The molecule has 0 saturated carbocycles. The minimum absolute atomic E-state index is 1.34. The molecule has 1 aromatic heterocycles. The number of nitrogens with zero attached hydrogens (tertiary/aromatic N) is 1. The molecule has 0 saturated heterocycles. The Balaban J connectivity index is 2.14. The van der Waals surface area contributed by atoms with Gasteiger partial charge in [0.05, 0.1) is 0 Å². The summed E-state index contributed by atoms with van der Waals surface area (Å²) in [5.74, 6) is 0. The summed E-state index contributed by atoms with van der Waals surface area (Å²) in [6, 6.07) is 14.5. The molecule has 0 spiro atoms. The Kier molecular flexibility index (Phi) is 7.53. The SMILES string of the molecule is CCC[CH2][Sn]([CH2]CCC)([CH2]CCC)[c]1ccc2c3ccc(C)cc3n(C)c2c1. The van der Waals surface area contributed by atoms with Gasteiger partial charge in [0.2, 0.25) is 0 Å². The molecule has 0 radical (unpaired) electrons. The van der Waals surface area contributed by atoms with Gasteiger partial charge < -0.3 is 0 Å². The zero-order chi connectivity index (χ0) is 20.1. The Morgan fingerprint density at radius 1 is 0.714 bits per heavy atom. The van der Waals surface area contributed by atoms with Crippen LogP contribution in [-0.2, 0) is 7.05 Å². The Labute approximate surface area is 176 Å². The summed E-state index contributed by atoms with van der Waals surface area (Å²) >= 11 is -2.37. The molecule has 0 fully saturated rings. The van der Waals surface area contributed by atoms with Crippen molar-refractivity contribution in [2.45, 2.75) is 79.5 Å². The van der Waals surface area contributed by atoms with Gasteiger partial charge in [-0.25, -0.2) is 0 Å². The van der Waals surface area contributed by atoms with Gasteiger partial charge in [0, 0.05) is 0 Å². The third kappa shape index (κ3) is 4.30. The van der Waals surface area contributed by atoms with E-state index in [1.54, 1.807) is 16.9 Å². The number of hydrogen-bond donors (Lipinski definition) is 0. The quantitative estimate of drug-likeness (QED) is 0.260. The van der Waals surface area contributed by atoms with E-state index in [-0.39, 0.29) is 0 Å². The number of hydrogen-bond acceptors (Lipinski definition) is 0. The number of aromatic nitrogens is 1. The summed E-state index contributed by atoms with van der Waals surface area (Å²) < 4.78 is 8.86. The first-order valence-corrected chi connectivity index (χ1v) is 19.0. The van der Waals surface area contributed by atoms with Crippen molar-refractivity contribution in [3.8, 4) is 0 Å². The molecule has 0 aliphatic heterocycles. The molecular weight excluding hydrogens is 445 g/mol. The normalized spacial score (nSPS) is 12.3. The molecule has 0 N–H and O–H groups in total. The van der Waals surface area contributed by atoms with Gasteiger partial charge in [0.1, 0.15) is 0 Å². The van der Waals surface area contributed by atoms with E-state index in [1.165, 1.54) is 65.9 Å². The zero-order valence-electron chi connectivity index (χ0n) is 18.8. The predicted molar refractivity (Wildman–Crippen MR) is 130 cm³/mol. The molecule has 0 bridgehead atoms. The minimum atomic E-state index is -2.37.